The van der Waals surface area contributed by atoms with Crippen molar-refractivity contribution in [3.05, 3.63) is 0 Å². The third-order valence-electron chi connectivity index (χ3n) is 2.70. The van der Waals surface area contributed by atoms with Crippen molar-refractivity contribution in [2.24, 2.45) is 0 Å². The molecule has 0 aromatic rings. The van der Waals surface area contributed by atoms with Crippen molar-refractivity contribution < 1.29 is 22.7 Å². The zero-order valence-corrected chi connectivity index (χ0v) is 8.49. The molecule has 1 rings (SSSR count). The summed E-state index contributed by atoms with van der Waals surface area (Å²) < 4.78 is 40.6. The number of hydrogen-bond acceptors (Lipinski definition) is 3. The van der Waals surface area contributed by atoms with Gasteiger partial charge in [-0.1, -0.05) is 6.92 Å². The van der Waals surface area contributed by atoms with E-state index in [1.807, 2.05) is 0 Å². The Morgan fingerprint density at radius 1 is 1.40 bits per heavy atom. The van der Waals surface area contributed by atoms with Gasteiger partial charge < -0.3 is 10.1 Å². The SMILES string of the molecule is CCC1(OC(=O)C(F)(F)F)CCNCC1. The highest BCUT2D eigenvalue weighted by atomic mass is 19.4. The van der Waals surface area contributed by atoms with Crippen LogP contribution in [0, 0.1) is 0 Å². The Balaban J connectivity index is 2.63. The molecular weight excluding hydrogens is 211 g/mol. The molecule has 1 fully saturated rings. The van der Waals surface area contributed by atoms with Gasteiger partial charge in [-0.05, 0) is 32.4 Å². The molecule has 88 valence electrons. The fraction of sp³-hybridized carbons (Fsp3) is 0.889. The molecule has 1 aliphatic rings. The molecule has 3 nitrogen and oxygen atoms in total. The Morgan fingerprint density at radius 2 is 1.93 bits per heavy atom. The lowest BCUT2D eigenvalue weighted by Gasteiger charge is -2.36. The number of carbonyl (C=O) groups is 1. The fourth-order valence-corrected chi connectivity index (χ4v) is 1.66. The van der Waals surface area contributed by atoms with Crippen LogP contribution in [0.3, 0.4) is 0 Å². The molecule has 1 heterocycles. The van der Waals surface area contributed by atoms with E-state index in [0.717, 1.165) is 0 Å². The molecule has 0 aliphatic carbocycles. The monoisotopic (exact) mass is 225 g/mol. The maximum atomic E-state index is 12.0. The summed E-state index contributed by atoms with van der Waals surface area (Å²) in [6.45, 7) is 2.90. The molecular formula is C9H14F3NO2. The van der Waals surface area contributed by atoms with Crippen LogP contribution in [0.25, 0.3) is 0 Å². The molecule has 0 aromatic heterocycles. The van der Waals surface area contributed by atoms with Gasteiger partial charge in [0.25, 0.3) is 0 Å². The lowest BCUT2D eigenvalue weighted by Crippen LogP contribution is -2.47. The number of nitrogens with one attached hydrogen (secondary N) is 1. The minimum Gasteiger partial charge on any atom is -0.452 e. The van der Waals surface area contributed by atoms with Gasteiger partial charge in [0.05, 0.1) is 0 Å². The summed E-state index contributed by atoms with van der Waals surface area (Å²) in [4.78, 5) is 10.7. The summed E-state index contributed by atoms with van der Waals surface area (Å²) in [6.07, 6.45) is -3.61. The van der Waals surface area contributed by atoms with Gasteiger partial charge in [0.15, 0.2) is 0 Å². The first-order valence-corrected chi connectivity index (χ1v) is 4.90. The summed E-state index contributed by atoms with van der Waals surface area (Å²) in [5.41, 5.74) is -0.933. The van der Waals surface area contributed by atoms with Crippen LogP contribution in [0.4, 0.5) is 13.2 Å². The van der Waals surface area contributed by atoms with Crippen LogP contribution >= 0.6 is 0 Å². The zero-order chi connectivity index (χ0) is 11.5. The second-order valence-corrected chi connectivity index (χ2v) is 3.67. The maximum absolute atomic E-state index is 12.0. The van der Waals surface area contributed by atoms with E-state index >= 15 is 0 Å². The third-order valence-corrected chi connectivity index (χ3v) is 2.70. The van der Waals surface area contributed by atoms with Gasteiger partial charge in [-0.3, -0.25) is 0 Å². The first kappa shape index (κ1) is 12.3. The summed E-state index contributed by atoms with van der Waals surface area (Å²) in [5, 5.41) is 3.01. The molecule has 0 saturated carbocycles. The lowest BCUT2D eigenvalue weighted by atomic mass is 9.89. The molecule has 0 radical (unpaired) electrons. The van der Waals surface area contributed by atoms with Gasteiger partial charge >= 0.3 is 12.1 Å². The number of alkyl halides is 3. The zero-order valence-electron chi connectivity index (χ0n) is 8.49. The molecule has 0 atom stereocenters. The predicted octanol–water partition coefficient (Wildman–Crippen LogP) is 1.62. The van der Waals surface area contributed by atoms with Gasteiger partial charge in [-0.2, -0.15) is 13.2 Å². The predicted molar refractivity (Wildman–Crippen MR) is 47.3 cm³/mol. The van der Waals surface area contributed by atoms with E-state index in [-0.39, 0.29) is 0 Å². The number of esters is 1. The second-order valence-electron chi connectivity index (χ2n) is 3.67. The van der Waals surface area contributed by atoms with Crippen LogP contribution in [0.15, 0.2) is 0 Å². The van der Waals surface area contributed by atoms with Gasteiger partial charge in [0.2, 0.25) is 0 Å². The minimum atomic E-state index is -4.90. The van der Waals surface area contributed by atoms with E-state index in [9.17, 15) is 18.0 Å². The quantitative estimate of drug-likeness (QED) is 0.726. The average molecular weight is 225 g/mol. The maximum Gasteiger partial charge on any atom is 0.490 e. The molecule has 0 unspecified atom stereocenters. The molecule has 1 N–H and O–H groups in total. The largest absolute Gasteiger partial charge is 0.490 e. The standard InChI is InChI=1S/C9H14F3NO2/c1-2-8(3-5-13-6-4-8)15-7(14)9(10,11)12/h13H,2-6H2,1H3. The van der Waals surface area contributed by atoms with Crippen LogP contribution in [0.5, 0.6) is 0 Å². The van der Waals surface area contributed by atoms with E-state index in [0.29, 0.717) is 32.4 Å². The van der Waals surface area contributed by atoms with Crippen molar-refractivity contribution in [3.8, 4) is 0 Å². The number of rotatable bonds is 2. The lowest BCUT2D eigenvalue weighted by molar-refractivity contribution is -0.216. The third kappa shape index (κ3) is 3.09. The fourth-order valence-electron chi connectivity index (χ4n) is 1.66. The van der Waals surface area contributed by atoms with Gasteiger partial charge in [0.1, 0.15) is 5.60 Å². The molecule has 0 bridgehead atoms. The van der Waals surface area contributed by atoms with Gasteiger partial charge in [0, 0.05) is 0 Å². The van der Waals surface area contributed by atoms with Crippen LogP contribution in [-0.2, 0) is 9.53 Å². The summed E-state index contributed by atoms with van der Waals surface area (Å²) in [6, 6.07) is 0. The van der Waals surface area contributed by atoms with E-state index < -0.39 is 17.7 Å². The molecule has 15 heavy (non-hydrogen) atoms. The van der Waals surface area contributed by atoms with Crippen LogP contribution in [-0.4, -0.2) is 30.8 Å². The molecule has 1 aliphatic heterocycles. The topological polar surface area (TPSA) is 38.3 Å². The summed E-state index contributed by atoms with van der Waals surface area (Å²) in [5.74, 6) is -2.08. The van der Waals surface area contributed by atoms with Crippen molar-refractivity contribution in [1.82, 2.24) is 5.32 Å². The Kier molecular flexibility index (Phi) is 3.59. The highest BCUT2D eigenvalue weighted by Crippen LogP contribution is 2.30. The Bertz CT molecular complexity index is 234. The Hall–Kier alpha value is -0.780. The molecule has 1 saturated heterocycles. The van der Waals surface area contributed by atoms with Crippen molar-refractivity contribution >= 4 is 5.97 Å². The first-order valence-electron chi connectivity index (χ1n) is 4.90. The normalized spacial score (nSPS) is 21.1. The van der Waals surface area contributed by atoms with Crippen LogP contribution in [0.1, 0.15) is 26.2 Å². The second kappa shape index (κ2) is 4.38. The van der Waals surface area contributed by atoms with E-state index in [1.165, 1.54) is 0 Å². The summed E-state index contributed by atoms with van der Waals surface area (Å²) >= 11 is 0. The van der Waals surface area contributed by atoms with Gasteiger partial charge in [-0.25, -0.2) is 4.79 Å². The summed E-state index contributed by atoms with van der Waals surface area (Å²) in [7, 11) is 0. The molecule has 6 heteroatoms. The number of piperidine rings is 1. The Morgan fingerprint density at radius 3 is 2.33 bits per heavy atom. The smallest absolute Gasteiger partial charge is 0.452 e. The highest BCUT2D eigenvalue weighted by molar-refractivity contribution is 5.76. The van der Waals surface area contributed by atoms with E-state index in [4.69, 9.17) is 0 Å². The van der Waals surface area contributed by atoms with E-state index in [1.54, 1.807) is 6.92 Å². The van der Waals surface area contributed by atoms with Crippen molar-refractivity contribution in [2.75, 3.05) is 13.1 Å². The van der Waals surface area contributed by atoms with E-state index in [2.05, 4.69) is 10.1 Å². The number of ether oxygens (including phenoxy) is 1. The Labute approximate surface area is 86.0 Å². The van der Waals surface area contributed by atoms with Crippen molar-refractivity contribution in [1.29, 1.82) is 0 Å². The molecule has 0 aromatic carbocycles. The van der Waals surface area contributed by atoms with Crippen molar-refractivity contribution in [2.45, 2.75) is 38.0 Å². The van der Waals surface area contributed by atoms with Crippen LogP contribution < -0.4 is 5.32 Å². The average Bonchev–Trinajstić information content (AvgIpc) is 2.18. The minimum absolute atomic E-state index is 0.413. The molecule has 0 spiro atoms. The number of halogens is 3. The molecule has 0 amide bonds. The number of carbonyl (C=O) groups excluding carboxylic acids is 1. The number of hydrogen-bond donors (Lipinski definition) is 1. The van der Waals surface area contributed by atoms with Gasteiger partial charge in [-0.15, -0.1) is 0 Å². The first-order chi connectivity index (χ1) is 6.90. The highest BCUT2D eigenvalue weighted by Gasteiger charge is 2.46. The van der Waals surface area contributed by atoms with Crippen LogP contribution in [0.2, 0.25) is 0 Å². The van der Waals surface area contributed by atoms with Crippen molar-refractivity contribution in [3.63, 3.8) is 0 Å².